The van der Waals surface area contributed by atoms with Gasteiger partial charge in [0.15, 0.2) is 0 Å². The highest BCUT2D eigenvalue weighted by atomic mass is 19.1. The average Bonchev–Trinajstić information content (AvgIpc) is 2.58. The SMILES string of the molecule is O=C(O)[C@]1(Cc2ccc(F)cc2F)CCCN(Cc2ccccn2)C1. The van der Waals surface area contributed by atoms with Crippen LogP contribution in [0.3, 0.4) is 0 Å². The Bertz CT molecular complexity index is 754. The molecule has 1 aromatic heterocycles. The molecule has 132 valence electrons. The van der Waals surface area contributed by atoms with Crippen molar-refractivity contribution in [2.24, 2.45) is 5.41 Å². The van der Waals surface area contributed by atoms with Crippen molar-refractivity contribution in [3.05, 3.63) is 65.5 Å². The topological polar surface area (TPSA) is 53.4 Å². The van der Waals surface area contributed by atoms with Crippen LogP contribution in [0, 0.1) is 17.0 Å². The number of carboxylic acids is 1. The van der Waals surface area contributed by atoms with Crippen LogP contribution in [0.1, 0.15) is 24.1 Å². The van der Waals surface area contributed by atoms with E-state index in [2.05, 4.69) is 4.98 Å². The molecule has 0 amide bonds. The molecule has 6 heteroatoms. The minimum absolute atomic E-state index is 0.0488. The fraction of sp³-hybridized carbons (Fsp3) is 0.368. The van der Waals surface area contributed by atoms with E-state index in [4.69, 9.17) is 0 Å². The lowest BCUT2D eigenvalue weighted by Crippen LogP contribution is -2.49. The lowest BCUT2D eigenvalue weighted by atomic mass is 9.75. The van der Waals surface area contributed by atoms with Crippen molar-refractivity contribution in [1.29, 1.82) is 0 Å². The summed E-state index contributed by atoms with van der Waals surface area (Å²) in [6, 6.07) is 8.94. The van der Waals surface area contributed by atoms with Crippen LogP contribution in [0.2, 0.25) is 0 Å². The van der Waals surface area contributed by atoms with E-state index in [9.17, 15) is 18.7 Å². The van der Waals surface area contributed by atoms with Crippen LogP contribution < -0.4 is 0 Å². The minimum atomic E-state index is -1.08. The number of aliphatic carboxylic acids is 1. The summed E-state index contributed by atoms with van der Waals surface area (Å²) in [7, 11) is 0. The zero-order valence-corrected chi connectivity index (χ0v) is 13.8. The normalized spacial score (nSPS) is 21.2. The van der Waals surface area contributed by atoms with Gasteiger partial charge in [0.25, 0.3) is 0 Å². The molecule has 1 atom stereocenters. The van der Waals surface area contributed by atoms with E-state index in [0.29, 0.717) is 25.9 Å². The van der Waals surface area contributed by atoms with E-state index in [1.54, 1.807) is 6.20 Å². The highest BCUT2D eigenvalue weighted by molar-refractivity contribution is 5.75. The summed E-state index contributed by atoms with van der Waals surface area (Å²) >= 11 is 0. The van der Waals surface area contributed by atoms with Crippen molar-refractivity contribution in [2.75, 3.05) is 13.1 Å². The summed E-state index contributed by atoms with van der Waals surface area (Å²) in [6.45, 7) is 1.65. The largest absolute Gasteiger partial charge is 0.481 e. The number of pyridine rings is 1. The number of hydrogen-bond donors (Lipinski definition) is 1. The molecule has 1 aliphatic heterocycles. The third kappa shape index (κ3) is 4.02. The summed E-state index contributed by atoms with van der Waals surface area (Å²) in [5.74, 6) is -2.30. The highest BCUT2D eigenvalue weighted by Crippen LogP contribution is 2.35. The number of carbonyl (C=O) groups is 1. The zero-order valence-electron chi connectivity index (χ0n) is 13.8. The van der Waals surface area contributed by atoms with Crippen molar-refractivity contribution in [3.63, 3.8) is 0 Å². The van der Waals surface area contributed by atoms with Crippen LogP contribution in [0.5, 0.6) is 0 Å². The first kappa shape index (κ1) is 17.5. The third-order valence-electron chi connectivity index (χ3n) is 4.77. The van der Waals surface area contributed by atoms with Crippen LogP contribution in [-0.4, -0.2) is 34.0 Å². The summed E-state index contributed by atoms with van der Waals surface area (Å²) in [5.41, 5.74) is 0.0336. The van der Waals surface area contributed by atoms with Gasteiger partial charge in [0.05, 0.1) is 11.1 Å². The van der Waals surface area contributed by atoms with Gasteiger partial charge in [-0.3, -0.25) is 14.7 Å². The van der Waals surface area contributed by atoms with Gasteiger partial charge in [-0.1, -0.05) is 12.1 Å². The van der Waals surface area contributed by atoms with Gasteiger partial charge >= 0.3 is 5.97 Å². The Labute approximate surface area is 145 Å². The molecule has 1 saturated heterocycles. The molecule has 1 aromatic carbocycles. The van der Waals surface area contributed by atoms with Gasteiger partial charge in [-0.2, -0.15) is 0 Å². The molecule has 1 fully saturated rings. The second-order valence-electron chi connectivity index (χ2n) is 6.63. The summed E-state index contributed by atoms with van der Waals surface area (Å²) in [6.07, 6.45) is 2.94. The summed E-state index contributed by atoms with van der Waals surface area (Å²) in [5, 5.41) is 9.84. The Morgan fingerprint density at radius 2 is 2.12 bits per heavy atom. The lowest BCUT2D eigenvalue weighted by Gasteiger charge is -2.40. The van der Waals surface area contributed by atoms with Gasteiger partial charge < -0.3 is 5.11 Å². The number of hydrogen-bond acceptors (Lipinski definition) is 3. The molecule has 2 heterocycles. The standard InChI is InChI=1S/C19H20F2N2O2/c20-15-6-5-14(17(21)10-15)11-19(18(24)25)7-3-9-23(13-19)12-16-4-1-2-8-22-16/h1-2,4-6,8,10H,3,7,9,11-13H2,(H,24,25)/t19-/m0/s1. The van der Waals surface area contributed by atoms with Crippen LogP contribution in [-0.2, 0) is 17.8 Å². The quantitative estimate of drug-likeness (QED) is 0.903. The Morgan fingerprint density at radius 1 is 1.28 bits per heavy atom. The first-order chi connectivity index (χ1) is 12.0. The lowest BCUT2D eigenvalue weighted by molar-refractivity contribution is -0.152. The minimum Gasteiger partial charge on any atom is -0.481 e. The molecule has 0 saturated carbocycles. The predicted octanol–water partition coefficient (Wildman–Crippen LogP) is 3.27. The fourth-order valence-corrected chi connectivity index (χ4v) is 3.51. The van der Waals surface area contributed by atoms with Crippen molar-refractivity contribution < 1.29 is 18.7 Å². The van der Waals surface area contributed by atoms with Crippen molar-refractivity contribution >= 4 is 5.97 Å². The van der Waals surface area contributed by atoms with Gasteiger partial charge in [-0.05, 0) is 49.6 Å². The van der Waals surface area contributed by atoms with Crippen molar-refractivity contribution in [2.45, 2.75) is 25.8 Å². The second kappa shape index (κ2) is 7.27. The smallest absolute Gasteiger partial charge is 0.311 e. The van der Waals surface area contributed by atoms with Gasteiger partial charge in [-0.25, -0.2) is 8.78 Å². The Morgan fingerprint density at radius 3 is 2.80 bits per heavy atom. The fourth-order valence-electron chi connectivity index (χ4n) is 3.51. The summed E-state index contributed by atoms with van der Waals surface area (Å²) < 4.78 is 27.1. The van der Waals surface area contributed by atoms with E-state index >= 15 is 0 Å². The molecule has 4 nitrogen and oxygen atoms in total. The maximum atomic E-state index is 14.0. The Balaban J connectivity index is 1.80. The number of carboxylic acid groups (broad SMARTS) is 1. The highest BCUT2D eigenvalue weighted by Gasteiger charge is 2.43. The molecular formula is C19H20F2N2O2. The van der Waals surface area contributed by atoms with E-state index in [1.165, 1.54) is 12.1 Å². The molecule has 0 aliphatic carbocycles. The van der Waals surface area contributed by atoms with E-state index in [1.807, 2.05) is 23.1 Å². The van der Waals surface area contributed by atoms with Crippen LogP contribution in [0.15, 0.2) is 42.6 Å². The number of benzene rings is 1. The molecule has 0 radical (unpaired) electrons. The molecule has 1 aliphatic rings. The first-order valence-corrected chi connectivity index (χ1v) is 8.28. The second-order valence-corrected chi connectivity index (χ2v) is 6.63. The van der Waals surface area contributed by atoms with Crippen molar-refractivity contribution in [1.82, 2.24) is 9.88 Å². The molecule has 0 spiro atoms. The van der Waals surface area contributed by atoms with Gasteiger partial charge in [0.1, 0.15) is 11.6 Å². The first-order valence-electron chi connectivity index (χ1n) is 8.28. The Kier molecular flexibility index (Phi) is 5.08. The molecule has 2 aromatic rings. The van der Waals surface area contributed by atoms with Crippen molar-refractivity contribution in [3.8, 4) is 0 Å². The molecule has 1 N–H and O–H groups in total. The molecule has 3 rings (SSSR count). The van der Waals surface area contributed by atoms with Gasteiger partial charge in [0.2, 0.25) is 0 Å². The van der Waals surface area contributed by atoms with E-state index < -0.39 is 23.0 Å². The number of rotatable bonds is 5. The molecule has 0 bridgehead atoms. The van der Waals surface area contributed by atoms with Crippen LogP contribution in [0.25, 0.3) is 0 Å². The average molecular weight is 346 g/mol. The third-order valence-corrected chi connectivity index (χ3v) is 4.77. The van der Waals surface area contributed by atoms with E-state index in [0.717, 1.165) is 18.3 Å². The number of likely N-dealkylation sites (tertiary alicyclic amines) is 1. The zero-order chi connectivity index (χ0) is 17.9. The maximum Gasteiger partial charge on any atom is 0.311 e. The number of halogens is 2. The number of nitrogens with zero attached hydrogens (tertiary/aromatic N) is 2. The molecule has 25 heavy (non-hydrogen) atoms. The van der Waals surface area contributed by atoms with Crippen LogP contribution >= 0.6 is 0 Å². The Hall–Kier alpha value is -2.34. The maximum absolute atomic E-state index is 14.0. The molecular weight excluding hydrogens is 326 g/mol. The van der Waals surface area contributed by atoms with Gasteiger partial charge in [0, 0.05) is 25.4 Å². The molecule has 0 unspecified atom stereocenters. The predicted molar refractivity (Wildman–Crippen MR) is 88.9 cm³/mol. The van der Waals surface area contributed by atoms with Gasteiger partial charge in [-0.15, -0.1) is 0 Å². The summed E-state index contributed by atoms with van der Waals surface area (Å²) in [4.78, 5) is 18.3. The monoisotopic (exact) mass is 346 g/mol. The van der Waals surface area contributed by atoms with Crippen LogP contribution in [0.4, 0.5) is 8.78 Å². The number of aromatic nitrogens is 1. The van der Waals surface area contributed by atoms with E-state index in [-0.39, 0.29) is 12.0 Å². The number of piperidine rings is 1.